The van der Waals surface area contributed by atoms with Gasteiger partial charge in [-0.2, -0.15) is 5.26 Å². The van der Waals surface area contributed by atoms with Gasteiger partial charge in [-0.15, -0.1) is 0 Å². The second kappa shape index (κ2) is 5.46. The smallest absolute Gasteiger partial charge is 0.143 e. The van der Waals surface area contributed by atoms with Gasteiger partial charge in [0.1, 0.15) is 23.0 Å². The molecule has 0 aliphatic heterocycles. The molecule has 0 radical (unpaired) electrons. The molecule has 0 bridgehead atoms. The van der Waals surface area contributed by atoms with Crippen molar-refractivity contribution in [2.75, 3.05) is 5.32 Å². The normalized spacial score (nSPS) is 10.3. The van der Waals surface area contributed by atoms with Crippen molar-refractivity contribution >= 4 is 38.3 Å². The molecule has 3 rings (SSSR count). The number of nitriles is 1. The first-order valence-corrected chi connectivity index (χ1v) is 6.84. The van der Waals surface area contributed by atoms with E-state index < -0.39 is 5.82 Å². The van der Waals surface area contributed by atoms with Crippen LogP contribution in [0.4, 0.5) is 15.8 Å². The summed E-state index contributed by atoms with van der Waals surface area (Å²) in [5.74, 6) is -0.559. The van der Waals surface area contributed by atoms with Crippen molar-refractivity contribution in [3.8, 4) is 6.07 Å². The highest BCUT2D eigenvalue weighted by molar-refractivity contribution is 9.10. The zero-order valence-corrected chi connectivity index (χ0v) is 12.2. The van der Waals surface area contributed by atoms with Crippen molar-refractivity contribution in [1.29, 1.82) is 5.26 Å². The number of benzene rings is 1. The SMILES string of the molecule is N#Cc1c(F)cccc1Nc1ccnc2cc(Br)cnc12. The Labute approximate surface area is 128 Å². The number of hydrogen-bond donors (Lipinski definition) is 1. The summed E-state index contributed by atoms with van der Waals surface area (Å²) in [6.45, 7) is 0. The fourth-order valence-electron chi connectivity index (χ4n) is 1.99. The third kappa shape index (κ3) is 2.56. The quantitative estimate of drug-likeness (QED) is 0.759. The second-order valence-electron chi connectivity index (χ2n) is 4.28. The van der Waals surface area contributed by atoms with Crippen LogP contribution in [0.2, 0.25) is 0 Å². The number of rotatable bonds is 2. The van der Waals surface area contributed by atoms with Crippen molar-refractivity contribution in [2.45, 2.75) is 0 Å². The van der Waals surface area contributed by atoms with Gasteiger partial charge in [-0.05, 0) is 40.2 Å². The van der Waals surface area contributed by atoms with Gasteiger partial charge in [-0.25, -0.2) is 4.39 Å². The van der Waals surface area contributed by atoms with Crippen molar-refractivity contribution in [1.82, 2.24) is 9.97 Å². The Morgan fingerprint density at radius 3 is 2.86 bits per heavy atom. The predicted molar refractivity (Wildman–Crippen MR) is 81.6 cm³/mol. The van der Waals surface area contributed by atoms with E-state index in [2.05, 4.69) is 31.2 Å². The molecule has 102 valence electrons. The van der Waals surface area contributed by atoms with Gasteiger partial charge in [-0.3, -0.25) is 9.97 Å². The minimum absolute atomic E-state index is 0.0282. The van der Waals surface area contributed by atoms with E-state index in [-0.39, 0.29) is 5.56 Å². The van der Waals surface area contributed by atoms with Crippen LogP contribution in [0, 0.1) is 17.1 Å². The lowest BCUT2D eigenvalue weighted by atomic mass is 10.1. The maximum Gasteiger partial charge on any atom is 0.143 e. The predicted octanol–water partition coefficient (Wildman–Crippen LogP) is 4.15. The zero-order valence-electron chi connectivity index (χ0n) is 10.6. The third-order valence-corrected chi connectivity index (χ3v) is 3.37. The van der Waals surface area contributed by atoms with E-state index in [1.165, 1.54) is 6.07 Å². The number of nitrogens with one attached hydrogen (secondary N) is 1. The number of halogens is 2. The Morgan fingerprint density at radius 1 is 1.19 bits per heavy atom. The van der Waals surface area contributed by atoms with Gasteiger partial charge < -0.3 is 5.32 Å². The van der Waals surface area contributed by atoms with Gasteiger partial charge in [0.05, 0.1) is 16.9 Å². The monoisotopic (exact) mass is 342 g/mol. The fraction of sp³-hybridized carbons (Fsp3) is 0. The van der Waals surface area contributed by atoms with E-state index in [0.29, 0.717) is 22.4 Å². The molecule has 0 aliphatic carbocycles. The van der Waals surface area contributed by atoms with Gasteiger partial charge in [0.15, 0.2) is 0 Å². The maximum absolute atomic E-state index is 13.6. The molecule has 0 saturated heterocycles. The van der Waals surface area contributed by atoms with Crippen LogP contribution in [0.1, 0.15) is 5.56 Å². The van der Waals surface area contributed by atoms with Crippen LogP contribution >= 0.6 is 15.9 Å². The summed E-state index contributed by atoms with van der Waals surface area (Å²) >= 11 is 3.34. The molecule has 0 spiro atoms. The second-order valence-corrected chi connectivity index (χ2v) is 5.19. The van der Waals surface area contributed by atoms with Gasteiger partial charge in [0.25, 0.3) is 0 Å². The van der Waals surface area contributed by atoms with Crippen molar-refractivity contribution in [3.63, 3.8) is 0 Å². The Morgan fingerprint density at radius 2 is 2.05 bits per heavy atom. The van der Waals surface area contributed by atoms with Gasteiger partial charge in [0, 0.05) is 16.9 Å². The first-order valence-electron chi connectivity index (χ1n) is 6.05. The van der Waals surface area contributed by atoms with Crippen LogP contribution in [-0.2, 0) is 0 Å². The molecule has 0 amide bonds. The maximum atomic E-state index is 13.6. The van der Waals surface area contributed by atoms with Crippen molar-refractivity contribution in [3.05, 3.63) is 58.6 Å². The van der Waals surface area contributed by atoms with Crippen LogP contribution in [0.15, 0.2) is 47.2 Å². The van der Waals surface area contributed by atoms with Crippen molar-refractivity contribution < 1.29 is 4.39 Å². The lowest BCUT2D eigenvalue weighted by Gasteiger charge is -2.10. The Kier molecular flexibility index (Phi) is 3.50. The van der Waals surface area contributed by atoms with E-state index in [4.69, 9.17) is 5.26 Å². The topological polar surface area (TPSA) is 61.6 Å². The molecule has 1 N–H and O–H groups in total. The third-order valence-electron chi connectivity index (χ3n) is 2.94. The number of nitrogens with zero attached hydrogens (tertiary/aromatic N) is 3. The molecule has 0 unspecified atom stereocenters. The van der Waals surface area contributed by atoms with Gasteiger partial charge in [-0.1, -0.05) is 6.07 Å². The molecule has 1 aromatic carbocycles. The lowest BCUT2D eigenvalue weighted by Crippen LogP contribution is -1.98. The van der Waals surface area contributed by atoms with E-state index >= 15 is 0 Å². The largest absolute Gasteiger partial charge is 0.352 e. The average molecular weight is 343 g/mol. The molecule has 6 heteroatoms. The Balaban J connectivity index is 2.11. The highest BCUT2D eigenvalue weighted by atomic mass is 79.9. The average Bonchev–Trinajstić information content (AvgIpc) is 2.47. The van der Waals surface area contributed by atoms with Crippen LogP contribution in [-0.4, -0.2) is 9.97 Å². The molecule has 0 fully saturated rings. The molecule has 3 aromatic rings. The minimum atomic E-state index is -0.559. The van der Waals surface area contributed by atoms with E-state index in [9.17, 15) is 4.39 Å². The van der Waals surface area contributed by atoms with Gasteiger partial charge >= 0.3 is 0 Å². The van der Waals surface area contributed by atoms with E-state index in [1.807, 2.05) is 12.1 Å². The summed E-state index contributed by atoms with van der Waals surface area (Å²) in [5, 5.41) is 12.1. The molecule has 0 saturated carbocycles. The highest BCUT2D eigenvalue weighted by Gasteiger charge is 2.10. The van der Waals surface area contributed by atoms with Gasteiger partial charge in [0.2, 0.25) is 0 Å². The summed E-state index contributed by atoms with van der Waals surface area (Å²) in [6.07, 6.45) is 3.29. The molecule has 4 nitrogen and oxygen atoms in total. The summed E-state index contributed by atoms with van der Waals surface area (Å²) in [4.78, 5) is 8.54. The van der Waals surface area contributed by atoms with Crippen LogP contribution in [0.5, 0.6) is 0 Å². The molecule has 21 heavy (non-hydrogen) atoms. The van der Waals surface area contributed by atoms with Crippen LogP contribution in [0.3, 0.4) is 0 Å². The number of anilines is 2. The van der Waals surface area contributed by atoms with Crippen LogP contribution < -0.4 is 5.32 Å². The molecule has 2 aromatic heterocycles. The van der Waals surface area contributed by atoms with Crippen molar-refractivity contribution in [2.24, 2.45) is 0 Å². The van der Waals surface area contributed by atoms with E-state index in [0.717, 1.165) is 4.47 Å². The summed E-state index contributed by atoms with van der Waals surface area (Å²) in [7, 11) is 0. The lowest BCUT2D eigenvalue weighted by molar-refractivity contribution is 0.624. The molecular weight excluding hydrogens is 335 g/mol. The zero-order chi connectivity index (χ0) is 14.8. The summed E-state index contributed by atoms with van der Waals surface area (Å²) < 4.78 is 14.4. The van der Waals surface area contributed by atoms with E-state index in [1.54, 1.807) is 30.6 Å². The number of hydrogen-bond acceptors (Lipinski definition) is 4. The number of pyridine rings is 2. The first-order chi connectivity index (χ1) is 10.2. The Hall–Kier alpha value is -2.52. The summed E-state index contributed by atoms with van der Waals surface area (Å²) in [5.41, 5.74) is 2.38. The molecular formula is C15H8BrFN4. The van der Waals surface area contributed by atoms with Crippen LogP contribution in [0.25, 0.3) is 11.0 Å². The Bertz CT molecular complexity index is 873. The highest BCUT2D eigenvalue weighted by Crippen LogP contribution is 2.27. The first kappa shape index (κ1) is 13.5. The fourth-order valence-corrected chi connectivity index (χ4v) is 2.31. The molecule has 2 heterocycles. The molecule has 0 atom stereocenters. The standard InChI is InChI=1S/C15H8BrFN4/c16-9-6-14-15(20-8-9)13(4-5-19-14)21-12-3-1-2-11(17)10(12)7-18/h1-6,8H,(H,19,21). The summed E-state index contributed by atoms with van der Waals surface area (Å²) in [6, 6.07) is 9.88. The number of fused-ring (bicyclic) bond motifs is 1. The number of aromatic nitrogens is 2. The molecule has 0 aliphatic rings. The minimum Gasteiger partial charge on any atom is -0.352 e.